The molecule has 2 aromatic rings. The van der Waals surface area contributed by atoms with Crippen LogP contribution in [0.1, 0.15) is 5.69 Å². The van der Waals surface area contributed by atoms with Crippen molar-refractivity contribution in [2.24, 2.45) is 0 Å². The minimum atomic E-state index is -0.243. The Balaban J connectivity index is 1.87. The second-order valence-corrected chi connectivity index (χ2v) is 4.17. The second-order valence-electron chi connectivity index (χ2n) is 3.76. The molecule has 0 amide bonds. The molecule has 0 aliphatic rings. The summed E-state index contributed by atoms with van der Waals surface area (Å²) >= 11 is 5.89. The molecule has 0 bridgehead atoms. The minimum Gasteiger partial charge on any atom is -0.383 e. The van der Waals surface area contributed by atoms with Crippen LogP contribution in [0, 0.1) is 12.7 Å². The van der Waals surface area contributed by atoms with Gasteiger partial charge in [-0.2, -0.15) is 5.10 Å². The fourth-order valence-electron chi connectivity index (χ4n) is 1.52. The second kappa shape index (κ2) is 5.19. The van der Waals surface area contributed by atoms with Crippen LogP contribution in [0.5, 0.6) is 0 Å². The largest absolute Gasteiger partial charge is 0.383 e. The zero-order valence-electron chi connectivity index (χ0n) is 9.45. The standard InChI is InChI=1S/C12H13ClFN3/c1-9-12(13)8-17(16-9)6-5-15-11-4-2-3-10(14)7-11/h2-4,7-8,15H,5-6H2,1H3. The number of hydrogen-bond acceptors (Lipinski definition) is 2. The van der Waals surface area contributed by atoms with Gasteiger partial charge in [-0.25, -0.2) is 4.39 Å². The van der Waals surface area contributed by atoms with Gasteiger partial charge in [0.1, 0.15) is 5.82 Å². The van der Waals surface area contributed by atoms with E-state index in [0.29, 0.717) is 18.1 Å². The fraction of sp³-hybridized carbons (Fsp3) is 0.250. The third-order valence-electron chi connectivity index (χ3n) is 2.38. The number of halogens is 2. The average molecular weight is 254 g/mol. The molecule has 0 unspecified atom stereocenters. The van der Waals surface area contributed by atoms with Crippen LogP contribution < -0.4 is 5.32 Å². The van der Waals surface area contributed by atoms with Crippen LogP contribution in [0.3, 0.4) is 0 Å². The van der Waals surface area contributed by atoms with Crippen molar-refractivity contribution in [3.05, 3.63) is 47.0 Å². The molecule has 0 radical (unpaired) electrons. The number of hydrogen-bond donors (Lipinski definition) is 1. The first-order valence-electron chi connectivity index (χ1n) is 5.34. The van der Waals surface area contributed by atoms with E-state index in [1.165, 1.54) is 12.1 Å². The van der Waals surface area contributed by atoms with E-state index in [9.17, 15) is 4.39 Å². The number of nitrogens with zero attached hydrogens (tertiary/aromatic N) is 2. The van der Waals surface area contributed by atoms with Gasteiger partial charge in [-0.3, -0.25) is 4.68 Å². The molecule has 3 nitrogen and oxygen atoms in total. The molecule has 0 saturated heterocycles. The summed E-state index contributed by atoms with van der Waals surface area (Å²) in [4.78, 5) is 0. The molecule has 17 heavy (non-hydrogen) atoms. The molecular weight excluding hydrogens is 241 g/mol. The third-order valence-corrected chi connectivity index (χ3v) is 2.75. The van der Waals surface area contributed by atoms with E-state index in [4.69, 9.17) is 11.6 Å². The van der Waals surface area contributed by atoms with Crippen LogP contribution in [0.15, 0.2) is 30.5 Å². The lowest BCUT2D eigenvalue weighted by molar-refractivity contribution is 0.624. The van der Waals surface area contributed by atoms with Gasteiger partial charge >= 0.3 is 0 Å². The van der Waals surface area contributed by atoms with Crippen LogP contribution >= 0.6 is 11.6 Å². The molecule has 1 aromatic heterocycles. The van der Waals surface area contributed by atoms with Crippen LogP contribution in [-0.2, 0) is 6.54 Å². The number of benzene rings is 1. The summed E-state index contributed by atoms with van der Waals surface area (Å²) in [5.41, 5.74) is 1.58. The van der Waals surface area contributed by atoms with E-state index in [0.717, 1.165) is 11.4 Å². The topological polar surface area (TPSA) is 29.9 Å². The first-order chi connectivity index (χ1) is 8.15. The highest BCUT2D eigenvalue weighted by atomic mass is 35.5. The third kappa shape index (κ3) is 3.20. The maximum atomic E-state index is 12.9. The van der Waals surface area contributed by atoms with Crippen molar-refractivity contribution in [1.82, 2.24) is 9.78 Å². The molecule has 90 valence electrons. The minimum absolute atomic E-state index is 0.243. The molecule has 5 heteroatoms. The number of aryl methyl sites for hydroxylation is 1. The SMILES string of the molecule is Cc1nn(CCNc2cccc(F)c2)cc1Cl. The van der Waals surface area contributed by atoms with Crippen molar-refractivity contribution in [3.63, 3.8) is 0 Å². The molecular formula is C12H13ClFN3. The van der Waals surface area contributed by atoms with Crippen molar-refractivity contribution in [2.75, 3.05) is 11.9 Å². The van der Waals surface area contributed by atoms with Gasteiger partial charge in [-0.1, -0.05) is 17.7 Å². The Hall–Kier alpha value is -1.55. The predicted octanol–water partition coefficient (Wildman–Crippen LogP) is 3.10. The van der Waals surface area contributed by atoms with Crippen molar-refractivity contribution < 1.29 is 4.39 Å². The van der Waals surface area contributed by atoms with Crippen molar-refractivity contribution in [1.29, 1.82) is 0 Å². The molecule has 0 fully saturated rings. The van der Waals surface area contributed by atoms with Gasteiger partial charge in [0.15, 0.2) is 0 Å². The van der Waals surface area contributed by atoms with E-state index in [-0.39, 0.29) is 5.82 Å². The number of rotatable bonds is 4. The first-order valence-corrected chi connectivity index (χ1v) is 5.72. The van der Waals surface area contributed by atoms with E-state index in [2.05, 4.69) is 10.4 Å². The van der Waals surface area contributed by atoms with Crippen LogP contribution in [-0.4, -0.2) is 16.3 Å². The zero-order valence-corrected chi connectivity index (χ0v) is 10.2. The smallest absolute Gasteiger partial charge is 0.125 e. The molecule has 0 aliphatic heterocycles. The van der Waals surface area contributed by atoms with Gasteiger partial charge in [-0.05, 0) is 25.1 Å². The molecule has 0 atom stereocenters. The summed E-state index contributed by atoms with van der Waals surface area (Å²) in [5.74, 6) is -0.243. The molecule has 2 rings (SSSR count). The number of aromatic nitrogens is 2. The van der Waals surface area contributed by atoms with E-state index in [1.54, 1.807) is 16.9 Å². The normalized spacial score (nSPS) is 10.5. The van der Waals surface area contributed by atoms with E-state index >= 15 is 0 Å². The van der Waals surface area contributed by atoms with Crippen molar-refractivity contribution in [3.8, 4) is 0 Å². The Morgan fingerprint density at radius 2 is 2.29 bits per heavy atom. The molecule has 1 N–H and O–H groups in total. The van der Waals surface area contributed by atoms with Crippen LogP contribution in [0.4, 0.5) is 10.1 Å². The quantitative estimate of drug-likeness (QED) is 0.908. The summed E-state index contributed by atoms with van der Waals surface area (Å²) in [5, 5.41) is 8.01. The summed E-state index contributed by atoms with van der Waals surface area (Å²) in [6.07, 6.45) is 1.78. The average Bonchev–Trinajstić information content (AvgIpc) is 2.58. The lowest BCUT2D eigenvalue weighted by atomic mass is 10.3. The highest BCUT2D eigenvalue weighted by Gasteiger charge is 2.01. The van der Waals surface area contributed by atoms with Crippen LogP contribution in [0.2, 0.25) is 5.02 Å². The van der Waals surface area contributed by atoms with Crippen molar-refractivity contribution in [2.45, 2.75) is 13.5 Å². The maximum Gasteiger partial charge on any atom is 0.125 e. The highest BCUT2D eigenvalue weighted by Crippen LogP contribution is 2.12. The fourth-order valence-corrected chi connectivity index (χ4v) is 1.67. The first kappa shape index (κ1) is 11.9. The van der Waals surface area contributed by atoms with Crippen molar-refractivity contribution >= 4 is 17.3 Å². The predicted molar refractivity (Wildman–Crippen MR) is 66.9 cm³/mol. The van der Waals surface area contributed by atoms with Gasteiger partial charge in [0.2, 0.25) is 0 Å². The van der Waals surface area contributed by atoms with Crippen LogP contribution in [0.25, 0.3) is 0 Å². The Morgan fingerprint density at radius 3 is 2.94 bits per heavy atom. The van der Waals surface area contributed by atoms with Gasteiger partial charge in [0.05, 0.1) is 17.3 Å². The summed E-state index contributed by atoms with van der Waals surface area (Å²) in [7, 11) is 0. The Morgan fingerprint density at radius 1 is 1.47 bits per heavy atom. The van der Waals surface area contributed by atoms with E-state index in [1.807, 2.05) is 13.0 Å². The summed E-state index contributed by atoms with van der Waals surface area (Å²) < 4.78 is 14.7. The lowest BCUT2D eigenvalue weighted by Crippen LogP contribution is -2.11. The summed E-state index contributed by atoms with van der Waals surface area (Å²) in [6.45, 7) is 3.21. The lowest BCUT2D eigenvalue weighted by Gasteiger charge is -2.06. The van der Waals surface area contributed by atoms with Gasteiger partial charge in [0.25, 0.3) is 0 Å². The number of nitrogens with one attached hydrogen (secondary N) is 1. The Bertz CT molecular complexity index is 491. The molecule has 1 heterocycles. The summed E-state index contributed by atoms with van der Waals surface area (Å²) in [6, 6.07) is 6.38. The molecule has 0 saturated carbocycles. The zero-order chi connectivity index (χ0) is 12.3. The Labute approximate surface area is 104 Å². The molecule has 1 aromatic carbocycles. The van der Waals surface area contributed by atoms with Gasteiger partial charge in [-0.15, -0.1) is 0 Å². The monoisotopic (exact) mass is 253 g/mol. The van der Waals surface area contributed by atoms with Gasteiger partial charge < -0.3 is 5.32 Å². The molecule has 0 aliphatic carbocycles. The highest BCUT2D eigenvalue weighted by molar-refractivity contribution is 6.31. The molecule has 0 spiro atoms. The van der Waals surface area contributed by atoms with E-state index < -0.39 is 0 Å². The maximum absolute atomic E-state index is 12.9. The number of anilines is 1. The Kier molecular flexibility index (Phi) is 3.64. The van der Waals surface area contributed by atoms with Gasteiger partial charge in [0, 0.05) is 18.4 Å².